The third kappa shape index (κ3) is 3.55. The summed E-state index contributed by atoms with van der Waals surface area (Å²) < 4.78 is 1.07. The zero-order valence-corrected chi connectivity index (χ0v) is 12.4. The lowest BCUT2D eigenvalue weighted by Gasteiger charge is -2.14. The number of hydrogen-bond acceptors (Lipinski definition) is 2. The van der Waals surface area contributed by atoms with Gasteiger partial charge < -0.3 is 5.32 Å². The maximum Gasteiger partial charge on any atom is 0.0410 e. The van der Waals surface area contributed by atoms with Gasteiger partial charge in [0.15, 0.2) is 0 Å². The van der Waals surface area contributed by atoms with E-state index in [9.17, 15) is 0 Å². The lowest BCUT2D eigenvalue weighted by atomic mass is 10.1. The van der Waals surface area contributed by atoms with Crippen molar-refractivity contribution in [2.45, 2.75) is 19.5 Å². The Morgan fingerprint density at radius 2 is 2.22 bits per heavy atom. The molecule has 0 saturated carbocycles. The van der Waals surface area contributed by atoms with Crippen molar-refractivity contribution >= 4 is 27.5 Å². The van der Waals surface area contributed by atoms with E-state index >= 15 is 0 Å². The summed E-state index contributed by atoms with van der Waals surface area (Å²) in [6.07, 6.45) is 3.66. The van der Waals surface area contributed by atoms with Crippen LogP contribution in [0.3, 0.4) is 0 Å². The molecule has 2 rings (SSSR count). The second kappa shape index (κ2) is 6.32. The highest BCUT2D eigenvalue weighted by Crippen LogP contribution is 2.22. The molecule has 0 bridgehead atoms. The van der Waals surface area contributed by atoms with Gasteiger partial charge in [-0.25, -0.2) is 0 Å². The molecule has 1 heterocycles. The summed E-state index contributed by atoms with van der Waals surface area (Å²) in [6.45, 7) is 2.88. The van der Waals surface area contributed by atoms with Gasteiger partial charge in [-0.05, 0) is 42.3 Å². The number of halogens is 2. The van der Waals surface area contributed by atoms with E-state index in [1.807, 2.05) is 30.5 Å². The van der Waals surface area contributed by atoms with E-state index in [4.69, 9.17) is 11.6 Å². The maximum absolute atomic E-state index is 5.99. The molecule has 1 aromatic carbocycles. The fraction of sp³-hybridized carbons (Fsp3) is 0.214. The van der Waals surface area contributed by atoms with E-state index < -0.39 is 0 Å². The van der Waals surface area contributed by atoms with Gasteiger partial charge in [-0.15, -0.1) is 0 Å². The molecule has 0 fully saturated rings. The Labute approximate surface area is 121 Å². The number of pyridine rings is 1. The molecule has 1 aromatic heterocycles. The molecule has 2 aromatic rings. The van der Waals surface area contributed by atoms with Crippen LogP contribution in [0.2, 0.25) is 5.02 Å². The number of aromatic nitrogens is 1. The molecule has 1 N–H and O–H groups in total. The van der Waals surface area contributed by atoms with Crippen molar-refractivity contribution in [3.8, 4) is 0 Å². The van der Waals surface area contributed by atoms with Crippen molar-refractivity contribution in [1.29, 1.82) is 0 Å². The SMILES string of the molecule is CC(NCc1cc(Cl)ccc1Br)c1cccnc1. The van der Waals surface area contributed by atoms with Gasteiger partial charge >= 0.3 is 0 Å². The Balaban J connectivity index is 2.01. The Bertz CT molecular complexity index is 516. The Morgan fingerprint density at radius 3 is 2.94 bits per heavy atom. The molecule has 0 aliphatic heterocycles. The Hall–Kier alpha value is -0.900. The molecule has 1 atom stereocenters. The predicted octanol–water partition coefficient (Wildman–Crippen LogP) is 4.35. The average Bonchev–Trinajstić information content (AvgIpc) is 2.40. The largest absolute Gasteiger partial charge is 0.306 e. The van der Waals surface area contributed by atoms with Crippen LogP contribution in [-0.4, -0.2) is 4.98 Å². The molecule has 4 heteroatoms. The molecule has 0 aliphatic rings. The summed E-state index contributed by atoms with van der Waals surface area (Å²) in [5, 5.41) is 4.21. The Morgan fingerprint density at radius 1 is 1.39 bits per heavy atom. The van der Waals surface area contributed by atoms with Crippen LogP contribution in [0.5, 0.6) is 0 Å². The molecule has 1 unspecified atom stereocenters. The third-order valence-electron chi connectivity index (χ3n) is 2.79. The van der Waals surface area contributed by atoms with Gasteiger partial charge in [0.1, 0.15) is 0 Å². The van der Waals surface area contributed by atoms with E-state index in [1.54, 1.807) is 6.20 Å². The van der Waals surface area contributed by atoms with Crippen LogP contribution in [0.25, 0.3) is 0 Å². The fourth-order valence-electron chi connectivity index (χ4n) is 1.69. The molecule has 18 heavy (non-hydrogen) atoms. The van der Waals surface area contributed by atoms with Gasteiger partial charge in [-0.2, -0.15) is 0 Å². The summed E-state index contributed by atoms with van der Waals surface area (Å²) in [4.78, 5) is 4.12. The summed E-state index contributed by atoms with van der Waals surface area (Å²) in [6, 6.07) is 10.1. The summed E-state index contributed by atoms with van der Waals surface area (Å²) >= 11 is 9.52. The third-order valence-corrected chi connectivity index (χ3v) is 3.80. The van der Waals surface area contributed by atoms with Gasteiger partial charge in [0.05, 0.1) is 0 Å². The van der Waals surface area contributed by atoms with Crippen molar-refractivity contribution < 1.29 is 0 Å². The molecular formula is C14H14BrClN2. The molecule has 0 spiro atoms. The second-order valence-corrected chi connectivity index (χ2v) is 5.42. The first kappa shape index (κ1) is 13.5. The molecule has 0 saturated heterocycles. The van der Waals surface area contributed by atoms with Crippen molar-refractivity contribution in [2.75, 3.05) is 0 Å². The number of rotatable bonds is 4. The topological polar surface area (TPSA) is 24.9 Å². The summed E-state index contributed by atoms with van der Waals surface area (Å²) in [7, 11) is 0. The average molecular weight is 326 g/mol. The molecule has 2 nitrogen and oxygen atoms in total. The van der Waals surface area contributed by atoms with Crippen LogP contribution in [0.1, 0.15) is 24.1 Å². The zero-order chi connectivity index (χ0) is 13.0. The maximum atomic E-state index is 5.99. The van der Waals surface area contributed by atoms with Crippen LogP contribution in [-0.2, 0) is 6.54 Å². The van der Waals surface area contributed by atoms with E-state index in [2.05, 4.69) is 39.2 Å². The highest BCUT2D eigenvalue weighted by atomic mass is 79.9. The summed E-state index contributed by atoms with van der Waals surface area (Å²) in [5.74, 6) is 0. The van der Waals surface area contributed by atoms with Crippen LogP contribution in [0.4, 0.5) is 0 Å². The van der Waals surface area contributed by atoms with Crippen molar-refractivity contribution in [3.63, 3.8) is 0 Å². The van der Waals surface area contributed by atoms with Gasteiger partial charge in [-0.1, -0.05) is 33.6 Å². The highest BCUT2D eigenvalue weighted by molar-refractivity contribution is 9.10. The number of hydrogen-bond donors (Lipinski definition) is 1. The second-order valence-electron chi connectivity index (χ2n) is 4.12. The van der Waals surface area contributed by atoms with Crippen LogP contribution < -0.4 is 5.32 Å². The first-order valence-corrected chi connectivity index (χ1v) is 6.91. The van der Waals surface area contributed by atoms with Gasteiger partial charge in [0.2, 0.25) is 0 Å². The van der Waals surface area contributed by atoms with Crippen molar-refractivity contribution in [3.05, 3.63) is 63.3 Å². The van der Waals surface area contributed by atoms with Gasteiger partial charge in [-0.3, -0.25) is 4.98 Å². The van der Waals surface area contributed by atoms with Crippen molar-refractivity contribution in [2.24, 2.45) is 0 Å². The van der Waals surface area contributed by atoms with Gasteiger partial charge in [0, 0.05) is 34.5 Å². The van der Waals surface area contributed by atoms with Crippen LogP contribution >= 0.6 is 27.5 Å². The van der Waals surface area contributed by atoms with E-state index in [1.165, 1.54) is 5.56 Å². The van der Waals surface area contributed by atoms with Crippen molar-refractivity contribution in [1.82, 2.24) is 10.3 Å². The zero-order valence-electron chi connectivity index (χ0n) is 10.0. The molecule has 94 valence electrons. The minimum atomic E-state index is 0.254. The van der Waals surface area contributed by atoms with E-state index in [-0.39, 0.29) is 6.04 Å². The van der Waals surface area contributed by atoms with E-state index in [0.717, 1.165) is 21.6 Å². The lowest BCUT2D eigenvalue weighted by molar-refractivity contribution is 0.572. The molecule has 0 aliphatic carbocycles. The first-order chi connectivity index (χ1) is 8.66. The quantitative estimate of drug-likeness (QED) is 0.904. The minimum Gasteiger partial charge on any atom is -0.306 e. The minimum absolute atomic E-state index is 0.254. The lowest BCUT2D eigenvalue weighted by Crippen LogP contribution is -2.18. The van der Waals surface area contributed by atoms with Crippen LogP contribution in [0.15, 0.2) is 47.2 Å². The number of nitrogens with one attached hydrogen (secondary N) is 1. The van der Waals surface area contributed by atoms with E-state index in [0.29, 0.717) is 0 Å². The highest BCUT2D eigenvalue weighted by Gasteiger charge is 2.06. The first-order valence-electron chi connectivity index (χ1n) is 5.74. The monoisotopic (exact) mass is 324 g/mol. The molecule has 0 amide bonds. The predicted molar refractivity (Wildman–Crippen MR) is 78.6 cm³/mol. The standard InChI is InChI=1S/C14H14BrClN2/c1-10(11-3-2-6-17-8-11)18-9-12-7-13(16)4-5-14(12)15/h2-8,10,18H,9H2,1H3. The number of nitrogens with zero attached hydrogens (tertiary/aromatic N) is 1. The van der Waals surface area contributed by atoms with Gasteiger partial charge in [0.25, 0.3) is 0 Å². The normalized spacial score (nSPS) is 12.4. The Kier molecular flexibility index (Phi) is 4.75. The number of benzene rings is 1. The fourth-order valence-corrected chi connectivity index (χ4v) is 2.27. The molecule has 0 radical (unpaired) electrons. The van der Waals surface area contributed by atoms with Crippen LogP contribution in [0, 0.1) is 0 Å². The molecular weight excluding hydrogens is 312 g/mol. The smallest absolute Gasteiger partial charge is 0.0410 e. The summed E-state index contributed by atoms with van der Waals surface area (Å²) in [5.41, 5.74) is 2.33.